The summed E-state index contributed by atoms with van der Waals surface area (Å²) < 4.78 is 0. The van der Waals surface area contributed by atoms with Crippen molar-refractivity contribution >= 4 is 57.7 Å². The summed E-state index contributed by atoms with van der Waals surface area (Å²) in [7, 11) is 0. The lowest BCUT2D eigenvalue weighted by Gasteiger charge is -2.14. The molecule has 0 aliphatic rings. The van der Waals surface area contributed by atoms with Crippen molar-refractivity contribution in [3.63, 3.8) is 0 Å². The SMILES string of the molecule is Cc1cccc(/C=C(\NC(=O)c2ccccc2)C(=O)Nc2ccc(SC(C)C(=O)Nc3ccc4ccccc4c3)cc2)c1. The summed E-state index contributed by atoms with van der Waals surface area (Å²) in [6.45, 7) is 3.82. The van der Waals surface area contributed by atoms with Crippen LogP contribution in [0.2, 0.25) is 0 Å². The van der Waals surface area contributed by atoms with Gasteiger partial charge in [-0.2, -0.15) is 0 Å². The van der Waals surface area contributed by atoms with Gasteiger partial charge >= 0.3 is 0 Å². The van der Waals surface area contributed by atoms with Crippen molar-refractivity contribution in [2.75, 3.05) is 10.6 Å². The molecule has 0 fully saturated rings. The summed E-state index contributed by atoms with van der Waals surface area (Å²) in [6.07, 6.45) is 1.66. The van der Waals surface area contributed by atoms with E-state index in [0.29, 0.717) is 11.3 Å². The highest BCUT2D eigenvalue weighted by molar-refractivity contribution is 8.00. The van der Waals surface area contributed by atoms with Crippen LogP contribution < -0.4 is 16.0 Å². The summed E-state index contributed by atoms with van der Waals surface area (Å²) in [4.78, 5) is 40.0. The molecule has 0 aliphatic carbocycles. The van der Waals surface area contributed by atoms with Crippen LogP contribution in [0.3, 0.4) is 0 Å². The summed E-state index contributed by atoms with van der Waals surface area (Å²) in [6, 6.07) is 37.5. The summed E-state index contributed by atoms with van der Waals surface area (Å²) in [5.41, 5.74) is 3.72. The van der Waals surface area contributed by atoms with Crippen LogP contribution in [0.4, 0.5) is 11.4 Å². The maximum Gasteiger partial charge on any atom is 0.272 e. The maximum absolute atomic E-state index is 13.3. The van der Waals surface area contributed by atoms with Crippen LogP contribution in [0.1, 0.15) is 28.4 Å². The Labute approximate surface area is 255 Å². The number of nitrogens with one attached hydrogen (secondary N) is 3. The summed E-state index contributed by atoms with van der Waals surface area (Å²) in [5.74, 6) is -0.926. The van der Waals surface area contributed by atoms with E-state index in [1.54, 1.807) is 42.5 Å². The van der Waals surface area contributed by atoms with Crippen molar-refractivity contribution in [1.82, 2.24) is 5.32 Å². The van der Waals surface area contributed by atoms with Crippen molar-refractivity contribution in [2.24, 2.45) is 0 Å². The number of amides is 3. The van der Waals surface area contributed by atoms with Crippen LogP contribution in [-0.4, -0.2) is 23.0 Å². The highest BCUT2D eigenvalue weighted by Gasteiger charge is 2.17. The second kappa shape index (κ2) is 13.7. The quantitative estimate of drug-likeness (QED) is 0.122. The van der Waals surface area contributed by atoms with Crippen LogP contribution in [0.5, 0.6) is 0 Å². The van der Waals surface area contributed by atoms with Gasteiger partial charge in [0.1, 0.15) is 5.70 Å². The van der Waals surface area contributed by atoms with E-state index in [1.807, 2.05) is 98.8 Å². The fourth-order valence-electron chi connectivity index (χ4n) is 4.45. The maximum atomic E-state index is 13.3. The lowest BCUT2D eigenvalue weighted by Crippen LogP contribution is -2.30. The smallest absolute Gasteiger partial charge is 0.272 e. The molecule has 6 nitrogen and oxygen atoms in total. The van der Waals surface area contributed by atoms with Crippen molar-refractivity contribution in [3.8, 4) is 0 Å². The molecule has 3 amide bonds. The number of rotatable bonds is 9. The number of fused-ring (bicyclic) bond motifs is 1. The molecule has 5 rings (SSSR count). The second-order valence-corrected chi connectivity index (χ2v) is 11.5. The average Bonchev–Trinajstić information content (AvgIpc) is 3.02. The first-order chi connectivity index (χ1) is 20.8. The van der Waals surface area contributed by atoms with Gasteiger partial charge in [0.25, 0.3) is 11.8 Å². The molecule has 0 spiro atoms. The average molecular weight is 586 g/mol. The van der Waals surface area contributed by atoms with Gasteiger partial charge in [0.15, 0.2) is 0 Å². The number of benzene rings is 5. The Morgan fingerprint density at radius 2 is 1.40 bits per heavy atom. The van der Waals surface area contributed by atoms with Crippen LogP contribution in [0.15, 0.2) is 132 Å². The molecule has 1 unspecified atom stereocenters. The third kappa shape index (κ3) is 7.99. The number of thioether (sulfide) groups is 1. The number of hydrogen-bond donors (Lipinski definition) is 3. The van der Waals surface area contributed by atoms with Gasteiger partial charge in [-0.1, -0.05) is 78.4 Å². The number of carbonyl (C=O) groups is 3. The lowest BCUT2D eigenvalue weighted by molar-refractivity contribution is -0.115. The third-order valence-corrected chi connectivity index (χ3v) is 7.81. The van der Waals surface area contributed by atoms with Gasteiger partial charge in [0.05, 0.1) is 5.25 Å². The molecule has 3 N–H and O–H groups in total. The number of carbonyl (C=O) groups excluding carboxylic acids is 3. The molecule has 1 atom stereocenters. The molecule has 0 saturated heterocycles. The number of anilines is 2. The fourth-order valence-corrected chi connectivity index (χ4v) is 5.32. The van der Waals surface area contributed by atoms with E-state index in [-0.39, 0.29) is 22.8 Å². The molecule has 0 heterocycles. The van der Waals surface area contributed by atoms with E-state index >= 15 is 0 Å². The van der Waals surface area contributed by atoms with Crippen LogP contribution >= 0.6 is 11.8 Å². The lowest BCUT2D eigenvalue weighted by atomic mass is 10.1. The minimum atomic E-state index is -0.450. The van der Waals surface area contributed by atoms with Crippen molar-refractivity contribution in [1.29, 1.82) is 0 Å². The Morgan fingerprint density at radius 3 is 2.14 bits per heavy atom. The zero-order valence-corrected chi connectivity index (χ0v) is 24.7. The van der Waals surface area contributed by atoms with Crippen molar-refractivity contribution in [3.05, 3.63) is 144 Å². The Morgan fingerprint density at radius 1 is 0.698 bits per heavy atom. The topological polar surface area (TPSA) is 87.3 Å². The predicted octanol–water partition coefficient (Wildman–Crippen LogP) is 7.68. The molecule has 5 aromatic carbocycles. The van der Waals surface area contributed by atoms with Gasteiger partial charge in [-0.25, -0.2) is 0 Å². The highest BCUT2D eigenvalue weighted by atomic mass is 32.2. The van der Waals surface area contributed by atoms with E-state index in [2.05, 4.69) is 16.0 Å². The van der Waals surface area contributed by atoms with Gasteiger partial charge in [-0.15, -0.1) is 11.8 Å². The van der Waals surface area contributed by atoms with E-state index in [4.69, 9.17) is 0 Å². The molecule has 0 bridgehead atoms. The van der Waals surface area contributed by atoms with Crippen molar-refractivity contribution < 1.29 is 14.4 Å². The molecular formula is C36H31N3O3S. The number of hydrogen-bond acceptors (Lipinski definition) is 4. The largest absolute Gasteiger partial charge is 0.325 e. The van der Waals surface area contributed by atoms with Gasteiger partial charge in [-0.05, 0) is 84.8 Å². The first kappa shape index (κ1) is 29.4. The van der Waals surface area contributed by atoms with E-state index in [9.17, 15) is 14.4 Å². The molecule has 0 radical (unpaired) electrons. The third-order valence-electron chi connectivity index (χ3n) is 6.69. The zero-order valence-electron chi connectivity index (χ0n) is 23.8. The minimum Gasteiger partial charge on any atom is -0.325 e. The molecule has 7 heteroatoms. The summed E-state index contributed by atoms with van der Waals surface area (Å²) >= 11 is 1.42. The Bertz CT molecular complexity index is 1800. The van der Waals surface area contributed by atoms with Crippen LogP contribution in [0.25, 0.3) is 16.8 Å². The Kier molecular flexibility index (Phi) is 9.34. The zero-order chi connectivity index (χ0) is 30.2. The molecule has 0 saturated carbocycles. The van der Waals surface area contributed by atoms with E-state index < -0.39 is 5.91 Å². The van der Waals surface area contributed by atoms with E-state index in [0.717, 1.165) is 32.5 Å². The molecule has 43 heavy (non-hydrogen) atoms. The first-order valence-corrected chi connectivity index (χ1v) is 14.7. The first-order valence-electron chi connectivity index (χ1n) is 13.9. The van der Waals surface area contributed by atoms with Gasteiger partial charge in [-0.3, -0.25) is 14.4 Å². The Hall–Kier alpha value is -5.14. The molecule has 214 valence electrons. The standard InChI is InChI=1S/C36H31N3O3S/c1-24-9-8-10-26(21-24)22-33(39-35(41)28-12-4-3-5-13-28)36(42)37-30-17-19-32(20-18-30)43-25(2)34(40)38-31-16-15-27-11-6-7-14-29(27)23-31/h3-23,25H,1-2H3,(H,37,42)(H,38,40)(H,39,41)/b33-22-. The van der Waals surface area contributed by atoms with Gasteiger partial charge < -0.3 is 16.0 Å². The van der Waals surface area contributed by atoms with E-state index in [1.165, 1.54) is 11.8 Å². The monoisotopic (exact) mass is 585 g/mol. The van der Waals surface area contributed by atoms with Gasteiger partial charge in [0, 0.05) is 21.8 Å². The molecular weight excluding hydrogens is 554 g/mol. The molecule has 0 aromatic heterocycles. The normalized spacial score (nSPS) is 11.9. The van der Waals surface area contributed by atoms with Crippen molar-refractivity contribution in [2.45, 2.75) is 24.0 Å². The fraction of sp³-hybridized carbons (Fsp3) is 0.0833. The molecule has 0 aliphatic heterocycles. The molecule has 5 aromatic rings. The van der Waals surface area contributed by atoms with Gasteiger partial charge in [0.2, 0.25) is 5.91 Å². The van der Waals surface area contributed by atoms with Crippen LogP contribution in [-0.2, 0) is 9.59 Å². The second-order valence-electron chi connectivity index (χ2n) is 10.1. The predicted molar refractivity (Wildman–Crippen MR) is 176 cm³/mol. The highest BCUT2D eigenvalue weighted by Crippen LogP contribution is 2.27. The number of aryl methyl sites for hydroxylation is 1. The summed E-state index contributed by atoms with van der Waals surface area (Å²) in [5, 5.41) is 10.5. The van der Waals surface area contributed by atoms with Crippen LogP contribution in [0, 0.1) is 6.92 Å². The Balaban J connectivity index is 1.23. The minimum absolute atomic E-state index is 0.0993.